The van der Waals surface area contributed by atoms with E-state index in [2.05, 4.69) is 15.0 Å². The van der Waals surface area contributed by atoms with E-state index >= 15 is 0 Å². The van der Waals surface area contributed by atoms with E-state index in [-0.39, 0.29) is 12.1 Å². The van der Waals surface area contributed by atoms with Crippen molar-refractivity contribution >= 4 is 23.2 Å². The molecule has 2 atom stereocenters. The fourth-order valence-electron chi connectivity index (χ4n) is 4.15. The van der Waals surface area contributed by atoms with Crippen LogP contribution in [0.4, 0.5) is 0 Å². The van der Waals surface area contributed by atoms with Gasteiger partial charge in [-0.1, -0.05) is 23.2 Å². The molecule has 2 aliphatic rings. The van der Waals surface area contributed by atoms with Crippen molar-refractivity contribution in [2.24, 2.45) is 0 Å². The third-order valence-electron chi connectivity index (χ3n) is 5.56. The van der Waals surface area contributed by atoms with Crippen LogP contribution in [0.25, 0.3) is 5.69 Å². The Labute approximate surface area is 179 Å². The lowest BCUT2D eigenvalue weighted by molar-refractivity contribution is -0.0102. The summed E-state index contributed by atoms with van der Waals surface area (Å²) >= 11 is 12.8. The smallest absolute Gasteiger partial charge is 0.140 e. The van der Waals surface area contributed by atoms with Gasteiger partial charge in [0, 0.05) is 28.7 Å². The van der Waals surface area contributed by atoms with E-state index in [9.17, 15) is 0 Å². The van der Waals surface area contributed by atoms with E-state index in [1.165, 1.54) is 6.33 Å². The predicted molar refractivity (Wildman–Crippen MR) is 111 cm³/mol. The van der Waals surface area contributed by atoms with Crippen molar-refractivity contribution in [3.63, 3.8) is 0 Å². The van der Waals surface area contributed by atoms with Crippen LogP contribution in [0.2, 0.25) is 10.0 Å². The minimum absolute atomic E-state index is 0.142. The number of rotatable bonds is 4. The molecule has 2 heterocycles. The van der Waals surface area contributed by atoms with Crippen molar-refractivity contribution in [1.29, 1.82) is 0 Å². The van der Waals surface area contributed by atoms with Gasteiger partial charge in [-0.25, -0.2) is 9.67 Å². The van der Waals surface area contributed by atoms with Crippen LogP contribution >= 0.6 is 23.2 Å². The van der Waals surface area contributed by atoms with Crippen LogP contribution in [0.1, 0.15) is 17.2 Å². The highest BCUT2D eigenvalue weighted by Crippen LogP contribution is 2.42. The Morgan fingerprint density at radius 3 is 2.59 bits per heavy atom. The van der Waals surface area contributed by atoms with Crippen LogP contribution in [0, 0.1) is 0 Å². The summed E-state index contributed by atoms with van der Waals surface area (Å²) in [5, 5.41) is 5.50. The van der Waals surface area contributed by atoms with E-state index < -0.39 is 0 Å². The molecule has 1 fully saturated rings. The summed E-state index contributed by atoms with van der Waals surface area (Å²) in [5.41, 5.74) is 3.12. The number of fused-ring (bicyclic) bond motifs is 1. The molecule has 5 rings (SSSR count). The Morgan fingerprint density at radius 2 is 1.86 bits per heavy atom. The number of morpholine rings is 1. The Bertz CT molecular complexity index is 989. The van der Waals surface area contributed by atoms with Gasteiger partial charge in [-0.15, -0.1) is 0 Å². The second kappa shape index (κ2) is 7.95. The van der Waals surface area contributed by atoms with Gasteiger partial charge in [0.1, 0.15) is 24.5 Å². The zero-order valence-corrected chi connectivity index (χ0v) is 17.2. The van der Waals surface area contributed by atoms with E-state index in [0.717, 1.165) is 55.3 Å². The molecule has 0 N–H and O–H groups in total. The van der Waals surface area contributed by atoms with Gasteiger partial charge in [0.25, 0.3) is 0 Å². The first kappa shape index (κ1) is 18.9. The monoisotopic (exact) mass is 430 g/mol. The van der Waals surface area contributed by atoms with Gasteiger partial charge in [0.2, 0.25) is 0 Å². The third kappa shape index (κ3) is 3.73. The summed E-state index contributed by atoms with van der Waals surface area (Å²) in [6, 6.07) is 11.8. The highest BCUT2D eigenvalue weighted by molar-refractivity contribution is 6.35. The molecule has 1 saturated heterocycles. The summed E-state index contributed by atoms with van der Waals surface area (Å²) in [6.45, 7) is 3.24. The van der Waals surface area contributed by atoms with Crippen molar-refractivity contribution in [2.45, 2.75) is 18.6 Å². The number of hydrogen-bond donors (Lipinski definition) is 0. The Kier molecular flexibility index (Phi) is 5.18. The summed E-state index contributed by atoms with van der Waals surface area (Å²) in [5.74, 6) is 0.793. The number of nitrogens with zero attached hydrogens (tertiary/aromatic N) is 4. The summed E-state index contributed by atoms with van der Waals surface area (Å²) in [6.07, 6.45) is 3.88. The number of aromatic nitrogens is 3. The minimum atomic E-state index is -0.142. The largest absolute Gasteiger partial charge is 0.484 e. The lowest BCUT2D eigenvalue weighted by Gasteiger charge is -2.35. The molecule has 3 aromatic rings. The molecule has 1 aromatic heterocycles. The normalized spacial score (nSPS) is 21.9. The second-order valence-electron chi connectivity index (χ2n) is 7.25. The summed E-state index contributed by atoms with van der Waals surface area (Å²) in [4.78, 5) is 6.42. The van der Waals surface area contributed by atoms with Gasteiger partial charge in [-0.2, -0.15) is 5.10 Å². The molecule has 2 aromatic carbocycles. The molecule has 0 saturated carbocycles. The lowest BCUT2D eigenvalue weighted by Crippen LogP contribution is -2.46. The SMILES string of the molecule is Clc1cc(Cl)c2c(c1)[C@H](Oc1ccc(-n3cncn3)cc1)[C@@H](N1CCOCC1)C2. The molecule has 150 valence electrons. The maximum atomic E-state index is 6.53. The van der Waals surface area contributed by atoms with Crippen LogP contribution in [-0.2, 0) is 11.2 Å². The van der Waals surface area contributed by atoms with Crippen molar-refractivity contribution in [3.05, 3.63) is 70.2 Å². The van der Waals surface area contributed by atoms with Crippen molar-refractivity contribution in [3.8, 4) is 11.4 Å². The first-order valence-corrected chi connectivity index (χ1v) is 10.4. The van der Waals surface area contributed by atoms with Crippen LogP contribution in [0.5, 0.6) is 5.75 Å². The van der Waals surface area contributed by atoms with Gasteiger partial charge < -0.3 is 9.47 Å². The molecule has 0 spiro atoms. The maximum Gasteiger partial charge on any atom is 0.140 e. The van der Waals surface area contributed by atoms with Crippen molar-refractivity contribution in [1.82, 2.24) is 19.7 Å². The Morgan fingerprint density at radius 1 is 1.07 bits per heavy atom. The Balaban J connectivity index is 1.45. The molecular weight excluding hydrogens is 411 g/mol. The number of benzene rings is 2. The molecule has 0 radical (unpaired) electrons. The van der Waals surface area contributed by atoms with Gasteiger partial charge in [-0.05, 0) is 48.4 Å². The van der Waals surface area contributed by atoms with Gasteiger partial charge in [-0.3, -0.25) is 4.90 Å². The van der Waals surface area contributed by atoms with E-state index in [1.807, 2.05) is 36.4 Å². The average Bonchev–Trinajstić information content (AvgIpc) is 3.39. The van der Waals surface area contributed by atoms with Gasteiger partial charge >= 0.3 is 0 Å². The number of hydrogen-bond acceptors (Lipinski definition) is 5. The van der Waals surface area contributed by atoms with Crippen molar-refractivity contribution in [2.75, 3.05) is 26.3 Å². The predicted octanol–water partition coefficient (Wildman–Crippen LogP) is 3.95. The topological polar surface area (TPSA) is 52.4 Å². The van der Waals surface area contributed by atoms with E-state index in [0.29, 0.717) is 10.0 Å². The van der Waals surface area contributed by atoms with Crippen LogP contribution < -0.4 is 4.74 Å². The standard InChI is InChI=1S/C21H20Cl2N4O2/c22-14-9-18-17(19(23)10-14)11-20(26-5-7-28-8-6-26)21(18)29-16-3-1-15(2-4-16)27-13-24-12-25-27/h1-4,9-10,12-13,20-21H,5-8,11H2/t20-,21-/m0/s1. The van der Waals surface area contributed by atoms with E-state index in [1.54, 1.807) is 11.0 Å². The quantitative estimate of drug-likeness (QED) is 0.626. The van der Waals surface area contributed by atoms with Crippen LogP contribution in [-0.4, -0.2) is 52.0 Å². The number of ether oxygens (including phenoxy) is 2. The Hall–Kier alpha value is -2.12. The molecular formula is C21H20Cl2N4O2. The molecule has 6 nitrogen and oxygen atoms in total. The minimum Gasteiger partial charge on any atom is -0.484 e. The number of halogens is 2. The average molecular weight is 431 g/mol. The van der Waals surface area contributed by atoms with Gasteiger partial charge in [0.05, 0.1) is 24.9 Å². The zero-order chi connectivity index (χ0) is 19.8. The second-order valence-corrected chi connectivity index (χ2v) is 8.09. The molecule has 0 unspecified atom stereocenters. The molecule has 8 heteroatoms. The maximum absolute atomic E-state index is 6.53. The first-order valence-electron chi connectivity index (χ1n) is 9.60. The third-order valence-corrected chi connectivity index (χ3v) is 6.12. The molecule has 1 aliphatic heterocycles. The fourth-order valence-corrected chi connectivity index (χ4v) is 4.74. The van der Waals surface area contributed by atoms with Crippen LogP contribution in [0.3, 0.4) is 0 Å². The zero-order valence-electron chi connectivity index (χ0n) is 15.7. The molecule has 29 heavy (non-hydrogen) atoms. The fraction of sp³-hybridized carbons (Fsp3) is 0.333. The summed E-state index contributed by atoms with van der Waals surface area (Å²) in [7, 11) is 0. The van der Waals surface area contributed by atoms with Gasteiger partial charge in [0.15, 0.2) is 0 Å². The van der Waals surface area contributed by atoms with E-state index in [4.69, 9.17) is 32.7 Å². The highest BCUT2D eigenvalue weighted by atomic mass is 35.5. The lowest BCUT2D eigenvalue weighted by atomic mass is 10.1. The van der Waals surface area contributed by atoms with Crippen LogP contribution in [0.15, 0.2) is 49.1 Å². The summed E-state index contributed by atoms with van der Waals surface area (Å²) < 4.78 is 13.8. The molecule has 0 amide bonds. The van der Waals surface area contributed by atoms with Crippen molar-refractivity contribution < 1.29 is 9.47 Å². The first-order chi connectivity index (χ1) is 14.2. The molecule has 0 bridgehead atoms. The molecule has 1 aliphatic carbocycles. The highest BCUT2D eigenvalue weighted by Gasteiger charge is 2.40.